The SMILES string of the molecule is CC(C)Cc1nnc(NCc2cnc(N(C)C)n2C)s1. The van der Waals surface area contributed by atoms with E-state index in [1.165, 1.54) is 0 Å². The molecule has 0 amide bonds. The molecule has 1 N–H and O–H groups in total. The molecule has 6 nitrogen and oxygen atoms in total. The monoisotopic (exact) mass is 294 g/mol. The predicted octanol–water partition coefficient (Wildman–Crippen LogP) is 2.15. The van der Waals surface area contributed by atoms with Crippen LogP contribution in [-0.4, -0.2) is 33.8 Å². The van der Waals surface area contributed by atoms with Gasteiger partial charge in [-0.25, -0.2) is 4.98 Å². The van der Waals surface area contributed by atoms with E-state index in [1.54, 1.807) is 11.3 Å². The molecular formula is C13H22N6S. The predicted molar refractivity (Wildman–Crippen MR) is 83.3 cm³/mol. The molecule has 0 atom stereocenters. The third-order valence-corrected chi connectivity index (χ3v) is 3.83. The number of hydrogen-bond donors (Lipinski definition) is 1. The van der Waals surface area contributed by atoms with E-state index in [1.807, 2.05) is 32.2 Å². The zero-order valence-electron chi connectivity index (χ0n) is 12.7. The van der Waals surface area contributed by atoms with Gasteiger partial charge in [0.25, 0.3) is 0 Å². The second kappa shape index (κ2) is 6.21. The minimum Gasteiger partial charge on any atom is -0.354 e. The lowest BCUT2D eigenvalue weighted by molar-refractivity contribution is 0.640. The molecule has 0 bridgehead atoms. The molecule has 0 aliphatic heterocycles. The average Bonchev–Trinajstić information content (AvgIpc) is 2.93. The molecule has 110 valence electrons. The zero-order chi connectivity index (χ0) is 14.7. The summed E-state index contributed by atoms with van der Waals surface area (Å²) in [6.07, 6.45) is 2.87. The number of anilines is 2. The first-order valence-electron chi connectivity index (χ1n) is 6.71. The molecular weight excluding hydrogens is 272 g/mol. The van der Waals surface area contributed by atoms with Gasteiger partial charge in [0.1, 0.15) is 5.01 Å². The number of nitrogens with zero attached hydrogens (tertiary/aromatic N) is 5. The summed E-state index contributed by atoms with van der Waals surface area (Å²) in [4.78, 5) is 6.38. The number of aromatic nitrogens is 4. The smallest absolute Gasteiger partial charge is 0.205 e. The molecule has 2 rings (SSSR count). The Kier molecular flexibility index (Phi) is 4.59. The Bertz CT molecular complexity index is 557. The summed E-state index contributed by atoms with van der Waals surface area (Å²) >= 11 is 1.63. The lowest BCUT2D eigenvalue weighted by Crippen LogP contribution is -2.15. The van der Waals surface area contributed by atoms with Crippen LogP contribution in [0, 0.1) is 5.92 Å². The van der Waals surface area contributed by atoms with Crippen LogP contribution >= 0.6 is 11.3 Å². The van der Waals surface area contributed by atoms with Crippen LogP contribution in [0.1, 0.15) is 24.5 Å². The van der Waals surface area contributed by atoms with Crippen molar-refractivity contribution in [3.63, 3.8) is 0 Å². The van der Waals surface area contributed by atoms with Gasteiger partial charge in [-0.05, 0) is 5.92 Å². The number of imidazole rings is 1. The maximum absolute atomic E-state index is 4.39. The third-order valence-electron chi connectivity index (χ3n) is 2.93. The van der Waals surface area contributed by atoms with Crippen molar-refractivity contribution in [2.24, 2.45) is 13.0 Å². The minimum absolute atomic E-state index is 0.607. The van der Waals surface area contributed by atoms with E-state index in [-0.39, 0.29) is 0 Å². The number of nitrogens with one attached hydrogen (secondary N) is 1. The van der Waals surface area contributed by atoms with Gasteiger partial charge in [0.05, 0.1) is 18.4 Å². The van der Waals surface area contributed by atoms with Gasteiger partial charge in [0.15, 0.2) is 0 Å². The molecule has 2 aromatic rings. The van der Waals surface area contributed by atoms with E-state index in [4.69, 9.17) is 0 Å². The van der Waals surface area contributed by atoms with Crippen LogP contribution in [0.5, 0.6) is 0 Å². The summed E-state index contributed by atoms with van der Waals surface area (Å²) in [5.41, 5.74) is 1.12. The Balaban J connectivity index is 1.97. The van der Waals surface area contributed by atoms with Gasteiger partial charge in [0.2, 0.25) is 11.1 Å². The zero-order valence-corrected chi connectivity index (χ0v) is 13.5. The van der Waals surface area contributed by atoms with Gasteiger partial charge >= 0.3 is 0 Å². The van der Waals surface area contributed by atoms with Crippen molar-refractivity contribution in [3.05, 3.63) is 16.9 Å². The highest BCUT2D eigenvalue weighted by atomic mass is 32.1. The van der Waals surface area contributed by atoms with Crippen molar-refractivity contribution in [1.82, 2.24) is 19.7 Å². The lowest BCUT2D eigenvalue weighted by Gasteiger charge is -2.12. The van der Waals surface area contributed by atoms with Crippen molar-refractivity contribution in [3.8, 4) is 0 Å². The largest absolute Gasteiger partial charge is 0.354 e. The molecule has 0 aliphatic rings. The van der Waals surface area contributed by atoms with Crippen LogP contribution in [0.2, 0.25) is 0 Å². The molecule has 7 heteroatoms. The van der Waals surface area contributed by atoms with Crippen LogP contribution in [0.15, 0.2) is 6.20 Å². The second-order valence-electron chi connectivity index (χ2n) is 5.46. The molecule has 0 unspecified atom stereocenters. The Labute approximate surface area is 123 Å². The quantitative estimate of drug-likeness (QED) is 0.884. The van der Waals surface area contributed by atoms with Crippen LogP contribution < -0.4 is 10.2 Å². The summed E-state index contributed by atoms with van der Waals surface area (Å²) in [7, 11) is 5.99. The highest BCUT2D eigenvalue weighted by molar-refractivity contribution is 7.15. The summed E-state index contributed by atoms with van der Waals surface area (Å²) in [6.45, 7) is 5.08. The van der Waals surface area contributed by atoms with Gasteiger partial charge in [0, 0.05) is 27.6 Å². The molecule has 2 heterocycles. The summed E-state index contributed by atoms with van der Waals surface area (Å²) < 4.78 is 2.07. The standard InChI is InChI=1S/C13H22N6S/c1-9(2)6-11-16-17-12(20-11)14-7-10-8-15-13(18(3)4)19(10)5/h8-9H,6-7H2,1-5H3,(H,14,17). The fraction of sp³-hybridized carbons (Fsp3) is 0.615. The Morgan fingerprint density at radius 2 is 2.10 bits per heavy atom. The molecule has 0 spiro atoms. The van der Waals surface area contributed by atoms with Gasteiger partial charge in [-0.15, -0.1) is 10.2 Å². The van der Waals surface area contributed by atoms with E-state index in [2.05, 4.69) is 38.9 Å². The summed E-state index contributed by atoms with van der Waals surface area (Å²) in [5.74, 6) is 1.55. The maximum Gasteiger partial charge on any atom is 0.205 e. The second-order valence-corrected chi connectivity index (χ2v) is 6.52. The molecule has 0 saturated carbocycles. The fourth-order valence-electron chi connectivity index (χ4n) is 1.94. The van der Waals surface area contributed by atoms with Crippen molar-refractivity contribution in [2.75, 3.05) is 24.3 Å². The number of rotatable bonds is 6. The van der Waals surface area contributed by atoms with Crippen molar-refractivity contribution in [1.29, 1.82) is 0 Å². The lowest BCUT2D eigenvalue weighted by atomic mass is 10.1. The van der Waals surface area contributed by atoms with Gasteiger partial charge < -0.3 is 14.8 Å². The normalized spacial score (nSPS) is 11.1. The van der Waals surface area contributed by atoms with Gasteiger partial charge in [-0.1, -0.05) is 25.2 Å². The van der Waals surface area contributed by atoms with E-state index in [0.717, 1.165) is 28.2 Å². The summed E-state index contributed by atoms with van der Waals surface area (Å²) in [5, 5.41) is 13.6. The van der Waals surface area contributed by atoms with Crippen LogP contribution in [0.3, 0.4) is 0 Å². The van der Waals surface area contributed by atoms with Crippen LogP contribution in [0.4, 0.5) is 11.1 Å². The Morgan fingerprint density at radius 3 is 2.70 bits per heavy atom. The fourth-order valence-corrected chi connectivity index (χ4v) is 2.88. The number of hydrogen-bond acceptors (Lipinski definition) is 6. The highest BCUT2D eigenvalue weighted by Gasteiger charge is 2.09. The molecule has 0 saturated heterocycles. The highest BCUT2D eigenvalue weighted by Crippen LogP contribution is 2.19. The average molecular weight is 294 g/mol. The molecule has 20 heavy (non-hydrogen) atoms. The van der Waals surface area contributed by atoms with Gasteiger partial charge in [-0.2, -0.15) is 0 Å². The minimum atomic E-state index is 0.607. The molecule has 2 aromatic heterocycles. The molecule has 0 fully saturated rings. The Morgan fingerprint density at radius 1 is 1.35 bits per heavy atom. The van der Waals surface area contributed by atoms with Crippen molar-refractivity contribution < 1.29 is 0 Å². The topological polar surface area (TPSA) is 58.9 Å². The van der Waals surface area contributed by atoms with E-state index < -0.39 is 0 Å². The maximum atomic E-state index is 4.39. The first kappa shape index (κ1) is 14.8. The molecule has 0 aliphatic carbocycles. The Hall–Kier alpha value is -1.63. The van der Waals surface area contributed by atoms with Crippen molar-refractivity contribution >= 4 is 22.4 Å². The third kappa shape index (κ3) is 3.47. The van der Waals surface area contributed by atoms with Crippen molar-refractivity contribution in [2.45, 2.75) is 26.8 Å². The van der Waals surface area contributed by atoms with Gasteiger partial charge in [-0.3, -0.25) is 0 Å². The van der Waals surface area contributed by atoms with Crippen LogP contribution in [0.25, 0.3) is 0 Å². The van der Waals surface area contributed by atoms with E-state index in [0.29, 0.717) is 12.5 Å². The van der Waals surface area contributed by atoms with E-state index in [9.17, 15) is 0 Å². The first-order valence-corrected chi connectivity index (χ1v) is 7.53. The first-order chi connectivity index (χ1) is 9.47. The summed E-state index contributed by atoms with van der Waals surface area (Å²) in [6, 6.07) is 0. The molecule has 0 aromatic carbocycles. The van der Waals surface area contributed by atoms with E-state index >= 15 is 0 Å². The molecule has 0 radical (unpaired) electrons. The van der Waals surface area contributed by atoms with Crippen LogP contribution in [-0.2, 0) is 20.0 Å².